The van der Waals surface area contributed by atoms with E-state index in [9.17, 15) is 4.79 Å². The van der Waals surface area contributed by atoms with Crippen molar-refractivity contribution in [1.29, 1.82) is 0 Å². The molecule has 0 unspecified atom stereocenters. The lowest BCUT2D eigenvalue weighted by Crippen LogP contribution is -2.38. The van der Waals surface area contributed by atoms with Gasteiger partial charge in [0, 0.05) is 11.6 Å². The predicted molar refractivity (Wildman–Crippen MR) is 90.6 cm³/mol. The van der Waals surface area contributed by atoms with Crippen molar-refractivity contribution >= 4 is 17.5 Å². The molecule has 0 fully saturated rings. The van der Waals surface area contributed by atoms with Crippen LogP contribution in [-0.2, 0) is 16.1 Å². The van der Waals surface area contributed by atoms with E-state index in [1.807, 2.05) is 30.3 Å². The summed E-state index contributed by atoms with van der Waals surface area (Å²) in [5, 5.41) is 3.36. The molecule has 1 amide bonds. The van der Waals surface area contributed by atoms with Crippen LogP contribution >= 0.6 is 11.6 Å². The van der Waals surface area contributed by atoms with Crippen LogP contribution in [0.4, 0.5) is 0 Å². The lowest BCUT2D eigenvalue weighted by molar-refractivity contribution is -0.127. The Hall–Kier alpha value is -2.04. The first-order chi connectivity index (χ1) is 11.1. The van der Waals surface area contributed by atoms with Crippen LogP contribution in [0.2, 0.25) is 5.02 Å². The molecule has 1 atom stereocenters. The van der Waals surface area contributed by atoms with E-state index in [0.29, 0.717) is 30.5 Å². The fourth-order valence-corrected chi connectivity index (χ4v) is 2.13. The molecule has 5 heteroatoms. The van der Waals surface area contributed by atoms with E-state index in [1.165, 1.54) is 0 Å². The molecule has 2 rings (SSSR count). The number of nitrogens with one attached hydrogen (secondary N) is 1. The molecule has 4 nitrogen and oxygen atoms in total. The third kappa shape index (κ3) is 6.30. The number of hydrogen-bond acceptors (Lipinski definition) is 3. The molecule has 0 bridgehead atoms. The molecule has 0 aliphatic rings. The lowest BCUT2D eigenvalue weighted by Gasteiger charge is -2.15. The minimum absolute atomic E-state index is 0.187. The second-order valence-electron chi connectivity index (χ2n) is 5.05. The van der Waals surface area contributed by atoms with Crippen molar-refractivity contribution in [3.05, 3.63) is 65.2 Å². The monoisotopic (exact) mass is 333 g/mol. The highest BCUT2D eigenvalue weighted by molar-refractivity contribution is 6.30. The second kappa shape index (κ2) is 9.18. The van der Waals surface area contributed by atoms with Gasteiger partial charge in [-0.25, -0.2) is 0 Å². The van der Waals surface area contributed by atoms with Gasteiger partial charge in [-0.2, -0.15) is 0 Å². The summed E-state index contributed by atoms with van der Waals surface area (Å²) >= 11 is 5.88. The van der Waals surface area contributed by atoms with Gasteiger partial charge in [-0.05, 0) is 30.7 Å². The Labute approximate surface area is 141 Å². The zero-order valence-corrected chi connectivity index (χ0v) is 13.8. The van der Waals surface area contributed by atoms with Crippen LogP contribution in [0.3, 0.4) is 0 Å². The summed E-state index contributed by atoms with van der Waals surface area (Å²) < 4.78 is 11.1. The quantitative estimate of drug-likeness (QED) is 0.753. The first-order valence-electron chi connectivity index (χ1n) is 7.47. The summed E-state index contributed by atoms with van der Waals surface area (Å²) in [4.78, 5) is 11.9. The highest BCUT2D eigenvalue weighted by atomic mass is 35.5. The Morgan fingerprint density at radius 3 is 2.70 bits per heavy atom. The van der Waals surface area contributed by atoms with Crippen molar-refractivity contribution in [2.45, 2.75) is 19.6 Å². The minimum Gasteiger partial charge on any atom is -0.481 e. The number of carbonyl (C=O) groups excluding carboxylic acids is 1. The average molecular weight is 334 g/mol. The summed E-state index contributed by atoms with van der Waals surface area (Å²) in [5.74, 6) is 0.383. The van der Waals surface area contributed by atoms with E-state index in [0.717, 1.165) is 5.56 Å². The zero-order chi connectivity index (χ0) is 16.5. The second-order valence-corrected chi connectivity index (χ2v) is 5.48. The molecule has 1 N–H and O–H groups in total. The summed E-state index contributed by atoms with van der Waals surface area (Å²) in [6.07, 6.45) is -0.595. The van der Waals surface area contributed by atoms with Gasteiger partial charge in [0.15, 0.2) is 6.10 Å². The smallest absolute Gasteiger partial charge is 0.260 e. The first kappa shape index (κ1) is 17.3. The number of hydrogen-bond donors (Lipinski definition) is 1. The number of amides is 1. The van der Waals surface area contributed by atoms with Crippen molar-refractivity contribution in [1.82, 2.24) is 5.32 Å². The SMILES string of the molecule is C[C@@H](Oc1cccc(Cl)c1)C(=O)NCCOCc1ccccc1. The highest BCUT2D eigenvalue weighted by Crippen LogP contribution is 2.18. The molecular weight excluding hydrogens is 314 g/mol. The van der Waals surface area contributed by atoms with Crippen LogP contribution in [0.1, 0.15) is 12.5 Å². The van der Waals surface area contributed by atoms with Crippen LogP contribution in [0.25, 0.3) is 0 Å². The van der Waals surface area contributed by atoms with E-state index in [2.05, 4.69) is 5.32 Å². The van der Waals surface area contributed by atoms with E-state index in [-0.39, 0.29) is 5.91 Å². The maximum absolute atomic E-state index is 11.9. The van der Waals surface area contributed by atoms with E-state index < -0.39 is 6.10 Å². The maximum Gasteiger partial charge on any atom is 0.260 e. The third-order valence-electron chi connectivity index (χ3n) is 3.14. The average Bonchev–Trinajstić information content (AvgIpc) is 2.55. The molecule has 2 aromatic rings. The number of halogens is 1. The molecule has 0 saturated heterocycles. The number of benzene rings is 2. The number of ether oxygens (including phenoxy) is 2. The fraction of sp³-hybridized carbons (Fsp3) is 0.278. The molecule has 2 aromatic carbocycles. The van der Waals surface area contributed by atoms with Crippen LogP contribution in [0.5, 0.6) is 5.75 Å². The van der Waals surface area contributed by atoms with Crippen molar-refractivity contribution in [3.63, 3.8) is 0 Å². The highest BCUT2D eigenvalue weighted by Gasteiger charge is 2.14. The lowest BCUT2D eigenvalue weighted by atomic mass is 10.2. The van der Waals surface area contributed by atoms with Crippen LogP contribution in [-0.4, -0.2) is 25.2 Å². The Kier molecular flexibility index (Phi) is 6.91. The molecule has 0 aliphatic carbocycles. The van der Waals surface area contributed by atoms with Gasteiger partial charge in [-0.1, -0.05) is 48.0 Å². The minimum atomic E-state index is -0.595. The molecular formula is C18H20ClNO3. The van der Waals surface area contributed by atoms with E-state index in [1.54, 1.807) is 31.2 Å². The molecule has 0 radical (unpaired) electrons. The fourth-order valence-electron chi connectivity index (χ4n) is 1.95. The van der Waals surface area contributed by atoms with Gasteiger partial charge >= 0.3 is 0 Å². The van der Waals surface area contributed by atoms with Gasteiger partial charge in [0.2, 0.25) is 0 Å². The Bertz CT molecular complexity index is 619. The van der Waals surface area contributed by atoms with Crippen molar-refractivity contribution in [2.24, 2.45) is 0 Å². The molecule has 0 aromatic heterocycles. The normalized spacial score (nSPS) is 11.7. The largest absolute Gasteiger partial charge is 0.481 e. The van der Waals surface area contributed by atoms with Gasteiger partial charge in [-0.3, -0.25) is 4.79 Å². The Balaban J connectivity index is 1.64. The zero-order valence-electron chi connectivity index (χ0n) is 13.0. The Morgan fingerprint density at radius 2 is 1.96 bits per heavy atom. The molecule has 23 heavy (non-hydrogen) atoms. The predicted octanol–water partition coefficient (Wildman–Crippen LogP) is 3.44. The number of carbonyl (C=O) groups is 1. The molecule has 0 heterocycles. The topological polar surface area (TPSA) is 47.6 Å². The van der Waals surface area contributed by atoms with E-state index in [4.69, 9.17) is 21.1 Å². The maximum atomic E-state index is 11.9. The number of rotatable bonds is 8. The Morgan fingerprint density at radius 1 is 1.17 bits per heavy atom. The van der Waals surface area contributed by atoms with Gasteiger partial charge < -0.3 is 14.8 Å². The van der Waals surface area contributed by atoms with E-state index >= 15 is 0 Å². The standard InChI is InChI=1S/C18H20ClNO3/c1-14(23-17-9-5-8-16(19)12-17)18(21)20-10-11-22-13-15-6-3-2-4-7-15/h2-9,12,14H,10-11,13H2,1H3,(H,20,21)/t14-/m1/s1. The summed E-state index contributed by atoms with van der Waals surface area (Å²) in [6, 6.07) is 16.9. The third-order valence-corrected chi connectivity index (χ3v) is 3.37. The van der Waals surface area contributed by atoms with Crippen LogP contribution < -0.4 is 10.1 Å². The van der Waals surface area contributed by atoms with Gasteiger partial charge in [-0.15, -0.1) is 0 Å². The molecule has 0 saturated carbocycles. The summed E-state index contributed by atoms with van der Waals surface area (Å²) in [5.41, 5.74) is 1.11. The van der Waals surface area contributed by atoms with Crippen molar-refractivity contribution < 1.29 is 14.3 Å². The summed E-state index contributed by atoms with van der Waals surface area (Å²) in [6.45, 7) is 3.12. The molecule has 0 aliphatic heterocycles. The van der Waals surface area contributed by atoms with Crippen molar-refractivity contribution in [3.8, 4) is 5.75 Å². The first-order valence-corrected chi connectivity index (χ1v) is 7.84. The van der Waals surface area contributed by atoms with Crippen LogP contribution in [0, 0.1) is 0 Å². The summed E-state index contributed by atoms with van der Waals surface area (Å²) in [7, 11) is 0. The van der Waals surface area contributed by atoms with Gasteiger partial charge in [0.25, 0.3) is 5.91 Å². The molecule has 0 spiro atoms. The molecule has 122 valence electrons. The van der Waals surface area contributed by atoms with Crippen molar-refractivity contribution in [2.75, 3.05) is 13.2 Å². The van der Waals surface area contributed by atoms with Crippen LogP contribution in [0.15, 0.2) is 54.6 Å². The van der Waals surface area contributed by atoms with Gasteiger partial charge in [0.1, 0.15) is 5.75 Å². The van der Waals surface area contributed by atoms with Gasteiger partial charge in [0.05, 0.1) is 13.2 Å².